The van der Waals surface area contributed by atoms with Gasteiger partial charge in [-0.3, -0.25) is 4.90 Å². The largest absolute Gasteiger partial charge is 0.313 e. The monoisotopic (exact) mass is 202 g/mol. The summed E-state index contributed by atoms with van der Waals surface area (Å²) in [6, 6.07) is 1.41. The Morgan fingerprint density at radius 3 is 2.50 bits per heavy atom. The van der Waals surface area contributed by atoms with Crippen LogP contribution in [-0.2, 0) is 0 Å². The van der Waals surface area contributed by atoms with Crippen LogP contribution in [0.4, 0.5) is 4.39 Å². The van der Waals surface area contributed by atoms with Crippen LogP contribution in [0.25, 0.3) is 0 Å². The molecule has 1 saturated carbocycles. The summed E-state index contributed by atoms with van der Waals surface area (Å²) < 4.78 is 11.8. The Morgan fingerprint density at radius 2 is 2.07 bits per heavy atom. The van der Waals surface area contributed by atoms with E-state index in [-0.39, 0.29) is 6.67 Å². The Balaban J connectivity index is 2.15. The fourth-order valence-electron chi connectivity index (χ4n) is 1.98. The summed E-state index contributed by atoms with van der Waals surface area (Å²) in [5.41, 5.74) is 0. The highest BCUT2D eigenvalue weighted by atomic mass is 19.1. The van der Waals surface area contributed by atoms with Crippen molar-refractivity contribution >= 4 is 0 Å². The van der Waals surface area contributed by atoms with Gasteiger partial charge in [-0.2, -0.15) is 0 Å². The van der Waals surface area contributed by atoms with Gasteiger partial charge >= 0.3 is 0 Å². The maximum Gasteiger partial charge on any atom is 0.102 e. The van der Waals surface area contributed by atoms with Crippen molar-refractivity contribution in [1.29, 1.82) is 0 Å². The van der Waals surface area contributed by atoms with E-state index in [2.05, 4.69) is 24.1 Å². The molecule has 1 aliphatic carbocycles. The first-order valence-corrected chi connectivity index (χ1v) is 5.78. The van der Waals surface area contributed by atoms with Gasteiger partial charge in [0.15, 0.2) is 0 Å². The Bertz CT molecular complexity index is 146. The van der Waals surface area contributed by atoms with E-state index in [1.165, 1.54) is 19.3 Å². The standard InChI is InChI=1S/C11H23FN2/c1-10(2)14(11-4-3-5-11)9-8-13-7-6-12/h10-11,13H,3-9H2,1-2H3. The van der Waals surface area contributed by atoms with Crippen LogP contribution in [-0.4, -0.2) is 43.3 Å². The van der Waals surface area contributed by atoms with Gasteiger partial charge in [-0.25, -0.2) is 4.39 Å². The van der Waals surface area contributed by atoms with E-state index in [0.717, 1.165) is 19.1 Å². The SMILES string of the molecule is CC(C)N(CCNCCF)C1CCC1. The Morgan fingerprint density at radius 1 is 1.36 bits per heavy atom. The van der Waals surface area contributed by atoms with Gasteiger partial charge in [-0.05, 0) is 26.7 Å². The van der Waals surface area contributed by atoms with Gasteiger partial charge in [0, 0.05) is 31.7 Å². The number of nitrogens with zero attached hydrogens (tertiary/aromatic N) is 1. The lowest BCUT2D eigenvalue weighted by molar-refractivity contribution is 0.0954. The van der Waals surface area contributed by atoms with E-state index < -0.39 is 0 Å². The van der Waals surface area contributed by atoms with E-state index >= 15 is 0 Å². The van der Waals surface area contributed by atoms with Crippen LogP contribution in [0, 0.1) is 0 Å². The lowest BCUT2D eigenvalue weighted by atomic mass is 9.90. The number of rotatable bonds is 7. The smallest absolute Gasteiger partial charge is 0.102 e. The summed E-state index contributed by atoms with van der Waals surface area (Å²) in [4.78, 5) is 2.54. The highest BCUT2D eigenvalue weighted by Gasteiger charge is 2.25. The van der Waals surface area contributed by atoms with Gasteiger partial charge in [0.1, 0.15) is 6.67 Å². The van der Waals surface area contributed by atoms with Gasteiger partial charge in [-0.15, -0.1) is 0 Å². The fraction of sp³-hybridized carbons (Fsp3) is 1.00. The Kier molecular flexibility index (Phi) is 5.41. The van der Waals surface area contributed by atoms with E-state index in [9.17, 15) is 4.39 Å². The second kappa shape index (κ2) is 6.36. The first-order chi connectivity index (χ1) is 6.75. The lowest BCUT2D eigenvalue weighted by Gasteiger charge is -2.40. The Hall–Kier alpha value is -0.150. The molecule has 0 bridgehead atoms. The van der Waals surface area contributed by atoms with Crippen LogP contribution in [0.3, 0.4) is 0 Å². The maximum absolute atomic E-state index is 11.8. The summed E-state index contributed by atoms with van der Waals surface area (Å²) in [5, 5.41) is 3.11. The van der Waals surface area contributed by atoms with Crippen molar-refractivity contribution < 1.29 is 4.39 Å². The third kappa shape index (κ3) is 3.54. The zero-order valence-electron chi connectivity index (χ0n) is 9.43. The van der Waals surface area contributed by atoms with Crippen LogP contribution in [0.1, 0.15) is 33.1 Å². The van der Waals surface area contributed by atoms with Gasteiger partial charge in [0.05, 0.1) is 0 Å². The molecule has 2 nitrogen and oxygen atoms in total. The van der Waals surface area contributed by atoms with E-state index in [0.29, 0.717) is 12.6 Å². The van der Waals surface area contributed by atoms with Crippen LogP contribution >= 0.6 is 0 Å². The van der Waals surface area contributed by atoms with E-state index in [1.54, 1.807) is 0 Å². The predicted molar refractivity (Wildman–Crippen MR) is 58.3 cm³/mol. The lowest BCUT2D eigenvalue weighted by Crippen LogP contribution is -2.47. The molecule has 0 aliphatic heterocycles. The molecule has 0 atom stereocenters. The number of alkyl halides is 1. The molecule has 1 aliphatic rings. The number of hydrogen-bond donors (Lipinski definition) is 1. The van der Waals surface area contributed by atoms with Gasteiger partial charge in [0.25, 0.3) is 0 Å². The second-order valence-electron chi connectivity index (χ2n) is 4.36. The van der Waals surface area contributed by atoms with Crippen LogP contribution < -0.4 is 5.32 Å². The van der Waals surface area contributed by atoms with Crippen molar-refractivity contribution in [2.45, 2.75) is 45.2 Å². The zero-order chi connectivity index (χ0) is 10.4. The van der Waals surface area contributed by atoms with Crippen molar-refractivity contribution in [1.82, 2.24) is 10.2 Å². The molecule has 0 unspecified atom stereocenters. The van der Waals surface area contributed by atoms with Crippen molar-refractivity contribution in [3.8, 4) is 0 Å². The molecular weight excluding hydrogens is 179 g/mol. The van der Waals surface area contributed by atoms with Crippen molar-refractivity contribution in [3.05, 3.63) is 0 Å². The maximum atomic E-state index is 11.8. The topological polar surface area (TPSA) is 15.3 Å². The summed E-state index contributed by atoms with van der Waals surface area (Å²) in [7, 11) is 0. The molecule has 0 radical (unpaired) electrons. The highest BCUT2D eigenvalue weighted by Crippen LogP contribution is 2.25. The molecule has 84 valence electrons. The molecule has 0 aromatic carbocycles. The molecule has 0 amide bonds. The quantitative estimate of drug-likeness (QED) is 0.633. The molecule has 0 aromatic rings. The van der Waals surface area contributed by atoms with Crippen molar-refractivity contribution in [3.63, 3.8) is 0 Å². The summed E-state index contributed by atoms with van der Waals surface area (Å²) in [6.45, 7) is 6.70. The first-order valence-electron chi connectivity index (χ1n) is 5.78. The zero-order valence-corrected chi connectivity index (χ0v) is 9.43. The average Bonchev–Trinajstić information content (AvgIpc) is 2.06. The average molecular weight is 202 g/mol. The third-order valence-corrected chi connectivity index (χ3v) is 3.03. The normalized spacial score (nSPS) is 17.8. The Labute approximate surface area is 86.9 Å². The van der Waals surface area contributed by atoms with Crippen molar-refractivity contribution in [2.75, 3.05) is 26.3 Å². The fourth-order valence-corrected chi connectivity index (χ4v) is 1.98. The number of nitrogens with one attached hydrogen (secondary N) is 1. The van der Waals surface area contributed by atoms with Crippen LogP contribution in [0.5, 0.6) is 0 Å². The summed E-state index contributed by atoms with van der Waals surface area (Å²) >= 11 is 0. The number of hydrogen-bond acceptors (Lipinski definition) is 2. The minimum absolute atomic E-state index is 0.259. The predicted octanol–water partition coefficient (Wildman–Crippen LogP) is 1.81. The molecule has 1 N–H and O–H groups in total. The highest BCUT2D eigenvalue weighted by molar-refractivity contribution is 4.82. The molecule has 1 rings (SSSR count). The molecular formula is C11H23FN2. The third-order valence-electron chi connectivity index (χ3n) is 3.03. The van der Waals surface area contributed by atoms with Crippen LogP contribution in [0.2, 0.25) is 0 Å². The van der Waals surface area contributed by atoms with E-state index in [1.807, 2.05) is 0 Å². The second-order valence-corrected chi connectivity index (χ2v) is 4.36. The molecule has 0 saturated heterocycles. The molecule has 3 heteroatoms. The molecule has 0 aromatic heterocycles. The minimum Gasteiger partial charge on any atom is -0.313 e. The van der Waals surface area contributed by atoms with Gasteiger partial charge in [-0.1, -0.05) is 6.42 Å². The molecule has 14 heavy (non-hydrogen) atoms. The van der Waals surface area contributed by atoms with Gasteiger partial charge < -0.3 is 5.32 Å². The van der Waals surface area contributed by atoms with Crippen molar-refractivity contribution in [2.24, 2.45) is 0 Å². The molecule has 0 heterocycles. The molecule has 1 fully saturated rings. The minimum atomic E-state index is -0.259. The molecule has 0 spiro atoms. The summed E-state index contributed by atoms with van der Waals surface area (Å²) in [6.07, 6.45) is 4.08. The first kappa shape index (κ1) is 11.9. The van der Waals surface area contributed by atoms with E-state index in [4.69, 9.17) is 0 Å². The van der Waals surface area contributed by atoms with Crippen LogP contribution in [0.15, 0.2) is 0 Å². The van der Waals surface area contributed by atoms with Gasteiger partial charge in [0.2, 0.25) is 0 Å². The summed E-state index contributed by atoms with van der Waals surface area (Å²) in [5.74, 6) is 0. The number of halogens is 1.